The summed E-state index contributed by atoms with van der Waals surface area (Å²) >= 11 is 12.3. The number of fused-ring (bicyclic) bond motifs is 1. The molecule has 0 bridgehead atoms. The Balaban J connectivity index is 1.48. The quantitative estimate of drug-likeness (QED) is 0.425. The molecule has 0 fully saturated rings. The van der Waals surface area contributed by atoms with Crippen LogP contribution in [0, 0.1) is 5.92 Å². The summed E-state index contributed by atoms with van der Waals surface area (Å²) in [5.41, 5.74) is 2.65. The normalized spacial score (nSPS) is 12.7. The number of halogens is 2. The Bertz CT molecular complexity index is 1330. The van der Waals surface area contributed by atoms with E-state index in [1.54, 1.807) is 67.3 Å². The summed E-state index contributed by atoms with van der Waals surface area (Å²) in [6, 6.07) is 17.2. The molecule has 1 heterocycles. The number of amides is 3. The average Bonchev–Trinajstić information content (AvgIpc) is 2.85. The zero-order valence-electron chi connectivity index (χ0n) is 19.8. The minimum Gasteiger partial charge on any atom is -0.472 e. The molecule has 0 atom stereocenters. The van der Waals surface area contributed by atoms with Crippen molar-refractivity contribution in [1.82, 2.24) is 10.2 Å². The lowest BCUT2D eigenvalue weighted by atomic mass is 10.1. The van der Waals surface area contributed by atoms with Crippen LogP contribution in [0.25, 0.3) is 0 Å². The topological polar surface area (TPSA) is 87.7 Å². The monoisotopic (exact) mass is 525 g/mol. The van der Waals surface area contributed by atoms with Crippen LogP contribution in [-0.2, 0) is 17.9 Å². The van der Waals surface area contributed by atoms with Gasteiger partial charge in [0.05, 0.1) is 16.1 Å². The van der Waals surface area contributed by atoms with E-state index < -0.39 is 5.91 Å². The summed E-state index contributed by atoms with van der Waals surface area (Å²) in [4.78, 5) is 39.6. The molecule has 1 aliphatic rings. The second-order valence-electron chi connectivity index (χ2n) is 8.76. The fraction of sp³-hybridized carbons (Fsp3) is 0.222. The number of rotatable bonds is 7. The number of hydrogen-bond acceptors (Lipinski definition) is 4. The third-order valence-corrected chi connectivity index (χ3v) is 6.22. The van der Waals surface area contributed by atoms with Crippen molar-refractivity contribution in [2.75, 3.05) is 12.0 Å². The Hall–Kier alpha value is -3.55. The van der Waals surface area contributed by atoms with Crippen LogP contribution in [-0.4, -0.2) is 29.4 Å². The number of carbonyl (C=O) groups excluding carboxylic acids is 3. The largest absolute Gasteiger partial charge is 0.472 e. The van der Waals surface area contributed by atoms with Crippen molar-refractivity contribution in [1.29, 1.82) is 0 Å². The molecule has 0 unspecified atom stereocenters. The first kappa shape index (κ1) is 25.5. The van der Waals surface area contributed by atoms with Crippen molar-refractivity contribution in [3.63, 3.8) is 0 Å². The maximum Gasteiger partial charge on any atom is 0.260 e. The molecule has 0 aromatic heterocycles. The Morgan fingerprint density at radius 2 is 1.83 bits per heavy atom. The molecule has 0 radical (unpaired) electrons. The van der Waals surface area contributed by atoms with Crippen molar-refractivity contribution in [3.05, 3.63) is 93.0 Å². The zero-order valence-corrected chi connectivity index (χ0v) is 21.3. The minimum atomic E-state index is -0.433. The molecular weight excluding hydrogens is 501 g/mol. The molecule has 186 valence electrons. The first-order valence-electron chi connectivity index (χ1n) is 11.4. The van der Waals surface area contributed by atoms with Gasteiger partial charge in [-0.15, -0.1) is 0 Å². The third kappa shape index (κ3) is 5.98. The van der Waals surface area contributed by atoms with Crippen LogP contribution in [0.3, 0.4) is 0 Å². The summed E-state index contributed by atoms with van der Waals surface area (Å²) < 4.78 is 5.76. The van der Waals surface area contributed by atoms with Crippen molar-refractivity contribution in [3.8, 4) is 5.75 Å². The predicted octanol–water partition coefficient (Wildman–Crippen LogP) is 5.51. The number of carbonyl (C=O) groups is 3. The van der Waals surface area contributed by atoms with Gasteiger partial charge in [0, 0.05) is 29.7 Å². The van der Waals surface area contributed by atoms with Gasteiger partial charge >= 0.3 is 0 Å². The van der Waals surface area contributed by atoms with Gasteiger partial charge in [-0.05, 0) is 53.6 Å². The van der Waals surface area contributed by atoms with Gasteiger partial charge in [0.15, 0.2) is 6.73 Å². The standard InChI is InChI=1S/C27H25Cl2N3O4/c1-16(2)25(33)30-13-17-6-8-23(29)21(11-17)26(34)31-20-7-9-24-22(12-20)27(35)32(15-36-24)14-18-4-3-5-19(28)10-18/h3-12,16H,13-15H2,1-2H3,(H,30,33)(H,31,34). The van der Waals surface area contributed by atoms with Gasteiger partial charge in [0.2, 0.25) is 5.91 Å². The number of hydrogen-bond donors (Lipinski definition) is 2. The predicted molar refractivity (Wildman–Crippen MR) is 139 cm³/mol. The van der Waals surface area contributed by atoms with Crippen LogP contribution in [0.4, 0.5) is 5.69 Å². The van der Waals surface area contributed by atoms with E-state index in [2.05, 4.69) is 10.6 Å². The van der Waals surface area contributed by atoms with E-state index in [0.29, 0.717) is 28.6 Å². The van der Waals surface area contributed by atoms with Gasteiger partial charge in [0.25, 0.3) is 11.8 Å². The van der Waals surface area contributed by atoms with E-state index in [1.807, 2.05) is 12.1 Å². The molecule has 9 heteroatoms. The van der Waals surface area contributed by atoms with E-state index in [0.717, 1.165) is 11.1 Å². The number of anilines is 1. The first-order valence-corrected chi connectivity index (χ1v) is 12.1. The molecule has 2 N–H and O–H groups in total. The fourth-order valence-electron chi connectivity index (χ4n) is 3.70. The second kappa shape index (κ2) is 11.0. The van der Waals surface area contributed by atoms with Crippen LogP contribution >= 0.6 is 23.2 Å². The maximum absolute atomic E-state index is 13.1. The van der Waals surface area contributed by atoms with Gasteiger partial charge in [-0.3, -0.25) is 14.4 Å². The van der Waals surface area contributed by atoms with Crippen LogP contribution in [0.15, 0.2) is 60.7 Å². The Labute approximate surface area is 219 Å². The number of nitrogens with zero attached hydrogens (tertiary/aromatic N) is 1. The first-order chi connectivity index (χ1) is 17.2. The molecule has 3 amide bonds. The minimum absolute atomic E-state index is 0.0821. The highest BCUT2D eigenvalue weighted by Crippen LogP contribution is 2.29. The summed E-state index contributed by atoms with van der Waals surface area (Å²) in [6.07, 6.45) is 0. The van der Waals surface area contributed by atoms with Crippen LogP contribution in [0.2, 0.25) is 10.0 Å². The third-order valence-electron chi connectivity index (χ3n) is 5.66. The van der Waals surface area contributed by atoms with Gasteiger partial charge in [-0.25, -0.2) is 0 Å². The lowest BCUT2D eigenvalue weighted by Crippen LogP contribution is -2.38. The van der Waals surface area contributed by atoms with Crippen molar-refractivity contribution < 1.29 is 19.1 Å². The maximum atomic E-state index is 13.1. The van der Waals surface area contributed by atoms with Gasteiger partial charge < -0.3 is 20.3 Å². The zero-order chi connectivity index (χ0) is 25.8. The molecule has 3 aromatic carbocycles. The highest BCUT2D eigenvalue weighted by atomic mass is 35.5. The Kier molecular flexibility index (Phi) is 7.82. The van der Waals surface area contributed by atoms with Gasteiger partial charge in [0.1, 0.15) is 5.75 Å². The average molecular weight is 526 g/mol. The van der Waals surface area contributed by atoms with E-state index in [9.17, 15) is 14.4 Å². The highest BCUT2D eigenvalue weighted by molar-refractivity contribution is 6.34. The molecule has 3 aromatic rings. The van der Waals surface area contributed by atoms with E-state index >= 15 is 0 Å². The van der Waals surface area contributed by atoms with Crippen molar-refractivity contribution >= 4 is 46.6 Å². The van der Waals surface area contributed by atoms with E-state index in [-0.39, 0.29) is 41.6 Å². The van der Waals surface area contributed by atoms with Crippen LogP contribution in [0.1, 0.15) is 45.7 Å². The summed E-state index contributed by atoms with van der Waals surface area (Å²) in [6.45, 7) is 4.34. The summed E-state index contributed by atoms with van der Waals surface area (Å²) in [5.74, 6) is -0.426. The smallest absolute Gasteiger partial charge is 0.260 e. The Morgan fingerprint density at radius 3 is 2.58 bits per heavy atom. The van der Waals surface area contributed by atoms with Crippen LogP contribution < -0.4 is 15.4 Å². The molecule has 7 nitrogen and oxygen atoms in total. The Morgan fingerprint density at radius 1 is 1.03 bits per heavy atom. The van der Waals surface area contributed by atoms with E-state index in [4.69, 9.17) is 27.9 Å². The van der Waals surface area contributed by atoms with Gasteiger partial charge in [-0.2, -0.15) is 0 Å². The van der Waals surface area contributed by atoms with Crippen molar-refractivity contribution in [2.24, 2.45) is 5.92 Å². The molecule has 36 heavy (non-hydrogen) atoms. The molecule has 0 saturated heterocycles. The molecule has 0 spiro atoms. The van der Waals surface area contributed by atoms with Gasteiger partial charge in [-0.1, -0.05) is 55.2 Å². The summed E-state index contributed by atoms with van der Waals surface area (Å²) in [7, 11) is 0. The summed E-state index contributed by atoms with van der Waals surface area (Å²) in [5, 5.41) is 6.48. The number of nitrogens with one attached hydrogen (secondary N) is 2. The lowest BCUT2D eigenvalue weighted by molar-refractivity contribution is -0.124. The molecule has 0 saturated carbocycles. The van der Waals surface area contributed by atoms with Crippen LogP contribution in [0.5, 0.6) is 5.75 Å². The van der Waals surface area contributed by atoms with E-state index in [1.165, 1.54) is 0 Å². The molecule has 1 aliphatic heterocycles. The molecule has 0 aliphatic carbocycles. The SMILES string of the molecule is CC(C)C(=O)NCc1ccc(Cl)c(C(=O)Nc2ccc3c(c2)C(=O)N(Cc2cccc(Cl)c2)CO3)c1. The van der Waals surface area contributed by atoms with Crippen molar-refractivity contribution in [2.45, 2.75) is 26.9 Å². The molecular formula is C27H25Cl2N3O4. The highest BCUT2D eigenvalue weighted by Gasteiger charge is 2.26. The number of benzene rings is 3. The number of ether oxygens (including phenoxy) is 1. The molecule has 4 rings (SSSR count). The fourth-order valence-corrected chi connectivity index (χ4v) is 4.11. The second-order valence-corrected chi connectivity index (χ2v) is 9.60. The lowest BCUT2D eigenvalue weighted by Gasteiger charge is -2.29.